The number of hydrogen-bond donors (Lipinski definition) is 1. The third-order valence-corrected chi connectivity index (χ3v) is 4.24. The summed E-state index contributed by atoms with van der Waals surface area (Å²) in [5.74, 6) is -0.000368. The van der Waals surface area contributed by atoms with Gasteiger partial charge in [-0.15, -0.1) is 6.58 Å². The smallest absolute Gasteiger partial charge is 0.258 e. The van der Waals surface area contributed by atoms with Crippen molar-refractivity contribution in [1.82, 2.24) is 19.7 Å². The minimum absolute atomic E-state index is 0.000368. The number of benzene rings is 2. The van der Waals surface area contributed by atoms with Crippen molar-refractivity contribution in [2.45, 2.75) is 6.17 Å². The van der Waals surface area contributed by atoms with Crippen LogP contribution in [0.2, 0.25) is 0 Å². The van der Waals surface area contributed by atoms with Crippen LogP contribution in [0, 0.1) is 0 Å². The van der Waals surface area contributed by atoms with Gasteiger partial charge in [0, 0.05) is 12.2 Å². The van der Waals surface area contributed by atoms with Crippen LogP contribution in [0.15, 0.2) is 73.8 Å². The number of carbonyl (C=O) groups excluding carboxylic acids is 1. The van der Waals surface area contributed by atoms with E-state index in [1.807, 2.05) is 48.5 Å². The maximum atomic E-state index is 12.9. The zero-order valence-electron chi connectivity index (χ0n) is 13.5. The lowest BCUT2D eigenvalue weighted by Gasteiger charge is -2.37. The van der Waals surface area contributed by atoms with Crippen LogP contribution in [0.4, 0.5) is 5.69 Å². The Morgan fingerprint density at radius 1 is 1.16 bits per heavy atom. The molecule has 0 saturated carbocycles. The Kier molecular flexibility index (Phi) is 3.78. The normalized spacial score (nSPS) is 16.2. The van der Waals surface area contributed by atoms with Crippen molar-refractivity contribution < 1.29 is 4.79 Å². The second kappa shape index (κ2) is 6.24. The first-order chi connectivity index (χ1) is 12.3. The minimum atomic E-state index is -0.245. The molecule has 0 fully saturated rings. The summed E-state index contributed by atoms with van der Waals surface area (Å²) in [7, 11) is 0. The maximum absolute atomic E-state index is 12.9. The number of fused-ring (bicyclic) bond motifs is 1. The van der Waals surface area contributed by atoms with E-state index in [2.05, 4.69) is 22.0 Å². The molecule has 2 heterocycles. The topological polar surface area (TPSA) is 63.1 Å². The SMILES string of the molecule is C=CCN1C(=O)c2ccccc2NC1c1ccc(-n2cncn2)cc1. The third kappa shape index (κ3) is 2.67. The van der Waals surface area contributed by atoms with Crippen LogP contribution in [-0.2, 0) is 0 Å². The summed E-state index contributed by atoms with van der Waals surface area (Å²) in [6.45, 7) is 4.25. The molecule has 0 bridgehead atoms. The lowest BCUT2D eigenvalue weighted by molar-refractivity contribution is 0.0707. The second-order valence-electron chi connectivity index (χ2n) is 5.77. The van der Waals surface area contributed by atoms with E-state index in [1.165, 1.54) is 6.33 Å². The lowest BCUT2D eigenvalue weighted by Crippen LogP contribution is -2.42. The molecule has 1 aliphatic heterocycles. The van der Waals surface area contributed by atoms with E-state index in [9.17, 15) is 4.79 Å². The number of anilines is 1. The highest BCUT2D eigenvalue weighted by Crippen LogP contribution is 2.33. The Hall–Kier alpha value is -3.41. The summed E-state index contributed by atoms with van der Waals surface area (Å²) >= 11 is 0. The van der Waals surface area contributed by atoms with Gasteiger partial charge in [0.2, 0.25) is 0 Å². The second-order valence-corrected chi connectivity index (χ2v) is 5.77. The van der Waals surface area contributed by atoms with Crippen LogP contribution in [0.25, 0.3) is 5.69 Å². The number of amides is 1. The molecular weight excluding hydrogens is 314 g/mol. The number of para-hydroxylation sites is 1. The Bertz CT molecular complexity index is 902. The van der Waals surface area contributed by atoms with E-state index in [0.29, 0.717) is 12.1 Å². The molecule has 1 amide bonds. The van der Waals surface area contributed by atoms with Gasteiger partial charge in [-0.3, -0.25) is 4.79 Å². The van der Waals surface area contributed by atoms with Crippen LogP contribution >= 0.6 is 0 Å². The minimum Gasteiger partial charge on any atom is -0.361 e. The van der Waals surface area contributed by atoms with Gasteiger partial charge in [-0.25, -0.2) is 9.67 Å². The Morgan fingerprint density at radius 2 is 1.96 bits per heavy atom. The van der Waals surface area contributed by atoms with Gasteiger partial charge in [-0.2, -0.15) is 5.10 Å². The quantitative estimate of drug-likeness (QED) is 0.747. The van der Waals surface area contributed by atoms with Gasteiger partial charge >= 0.3 is 0 Å². The summed E-state index contributed by atoms with van der Waals surface area (Å²) in [5, 5.41) is 7.58. The molecule has 1 atom stereocenters. The zero-order valence-corrected chi connectivity index (χ0v) is 13.5. The molecule has 1 aliphatic rings. The van der Waals surface area contributed by atoms with Gasteiger partial charge in [-0.1, -0.05) is 30.3 Å². The highest BCUT2D eigenvalue weighted by Gasteiger charge is 2.31. The van der Waals surface area contributed by atoms with Gasteiger partial charge in [0.15, 0.2) is 0 Å². The van der Waals surface area contributed by atoms with Gasteiger partial charge < -0.3 is 10.2 Å². The third-order valence-electron chi connectivity index (χ3n) is 4.24. The summed E-state index contributed by atoms with van der Waals surface area (Å²) in [6.07, 6.45) is 4.64. The van der Waals surface area contributed by atoms with Crippen LogP contribution in [-0.4, -0.2) is 32.1 Å². The van der Waals surface area contributed by atoms with Crippen LogP contribution in [0.1, 0.15) is 22.1 Å². The molecule has 3 aromatic rings. The fourth-order valence-corrected chi connectivity index (χ4v) is 3.03. The van der Waals surface area contributed by atoms with E-state index in [1.54, 1.807) is 22.0 Å². The Labute approximate surface area is 145 Å². The van der Waals surface area contributed by atoms with Crippen molar-refractivity contribution >= 4 is 11.6 Å². The molecule has 1 aromatic heterocycles. The predicted molar refractivity (Wildman–Crippen MR) is 95.4 cm³/mol. The number of nitrogens with one attached hydrogen (secondary N) is 1. The summed E-state index contributed by atoms with van der Waals surface area (Å²) in [4.78, 5) is 18.6. The summed E-state index contributed by atoms with van der Waals surface area (Å²) < 4.78 is 1.69. The average Bonchev–Trinajstić information content (AvgIpc) is 3.19. The predicted octanol–water partition coefficient (Wildman–Crippen LogP) is 3.02. The highest BCUT2D eigenvalue weighted by atomic mass is 16.2. The molecular formula is C19H17N5O. The van der Waals surface area contributed by atoms with E-state index in [4.69, 9.17) is 0 Å². The van der Waals surface area contributed by atoms with Gasteiger partial charge in [0.05, 0.1) is 11.3 Å². The Morgan fingerprint density at radius 3 is 2.68 bits per heavy atom. The fraction of sp³-hybridized carbons (Fsp3) is 0.105. The largest absolute Gasteiger partial charge is 0.361 e. The number of aromatic nitrogens is 3. The van der Waals surface area contributed by atoms with Crippen LogP contribution in [0.5, 0.6) is 0 Å². The first-order valence-corrected chi connectivity index (χ1v) is 8.00. The molecule has 4 rings (SSSR count). The first kappa shape index (κ1) is 15.1. The Balaban J connectivity index is 1.70. The molecule has 2 aromatic carbocycles. The average molecular weight is 331 g/mol. The number of hydrogen-bond acceptors (Lipinski definition) is 4. The van der Waals surface area contributed by atoms with Gasteiger partial charge in [0.25, 0.3) is 5.91 Å². The van der Waals surface area contributed by atoms with Crippen molar-refractivity contribution in [1.29, 1.82) is 0 Å². The summed E-state index contributed by atoms with van der Waals surface area (Å²) in [6, 6.07) is 15.5. The molecule has 1 N–H and O–H groups in total. The monoisotopic (exact) mass is 331 g/mol. The van der Waals surface area contributed by atoms with E-state index < -0.39 is 0 Å². The first-order valence-electron chi connectivity index (χ1n) is 8.00. The molecule has 0 radical (unpaired) electrons. The van der Waals surface area contributed by atoms with Crippen molar-refractivity contribution in [2.75, 3.05) is 11.9 Å². The van der Waals surface area contributed by atoms with Gasteiger partial charge in [0.1, 0.15) is 18.8 Å². The zero-order chi connectivity index (χ0) is 17.2. The molecule has 1 unspecified atom stereocenters. The van der Waals surface area contributed by atoms with Gasteiger partial charge in [-0.05, 0) is 29.8 Å². The molecule has 124 valence electrons. The molecule has 0 aliphatic carbocycles. The van der Waals surface area contributed by atoms with Crippen molar-refractivity contribution in [3.63, 3.8) is 0 Å². The van der Waals surface area contributed by atoms with E-state index in [-0.39, 0.29) is 12.1 Å². The molecule has 0 spiro atoms. The fourth-order valence-electron chi connectivity index (χ4n) is 3.03. The molecule has 25 heavy (non-hydrogen) atoms. The lowest BCUT2D eigenvalue weighted by atomic mass is 10.0. The van der Waals surface area contributed by atoms with E-state index in [0.717, 1.165) is 16.9 Å². The van der Waals surface area contributed by atoms with Crippen molar-refractivity contribution in [2.24, 2.45) is 0 Å². The number of rotatable bonds is 4. The number of nitrogens with zero attached hydrogens (tertiary/aromatic N) is 4. The molecule has 6 nitrogen and oxygen atoms in total. The maximum Gasteiger partial charge on any atom is 0.258 e. The van der Waals surface area contributed by atoms with Crippen molar-refractivity contribution in [3.05, 3.63) is 85.0 Å². The van der Waals surface area contributed by atoms with Crippen LogP contribution in [0.3, 0.4) is 0 Å². The van der Waals surface area contributed by atoms with Crippen LogP contribution < -0.4 is 5.32 Å². The summed E-state index contributed by atoms with van der Waals surface area (Å²) in [5.41, 5.74) is 3.44. The van der Waals surface area contributed by atoms with E-state index >= 15 is 0 Å². The standard InChI is InChI=1S/C19H17N5O/c1-2-11-23-18(22-17-6-4-3-5-16(17)19(23)25)14-7-9-15(10-8-14)24-13-20-12-21-24/h2-10,12-13,18,22H,1,11H2. The highest BCUT2D eigenvalue weighted by molar-refractivity contribution is 6.01. The number of carbonyl (C=O) groups is 1. The van der Waals surface area contributed by atoms with Crippen molar-refractivity contribution in [3.8, 4) is 5.69 Å². The molecule has 0 saturated heterocycles. The molecule has 6 heteroatoms.